The van der Waals surface area contributed by atoms with Crippen LogP contribution in [0.25, 0.3) is 0 Å². The fourth-order valence-electron chi connectivity index (χ4n) is 7.11. The van der Waals surface area contributed by atoms with Gasteiger partial charge in [-0.05, 0) is 57.8 Å². The SMILES string of the molecule is CC/C=C\C/C=C\C/C=C\C/C=C\C/C=C\CCCCCCCC(=O)NC(COP(=O)(O)OCC(O)COC(=O)CCCCCCCCCCCCCCCCCCCCCC)C(=O)O. The van der Waals surface area contributed by atoms with Gasteiger partial charge in [0, 0.05) is 12.8 Å². The van der Waals surface area contributed by atoms with Crippen LogP contribution < -0.4 is 5.32 Å². The van der Waals surface area contributed by atoms with E-state index in [1.807, 2.05) is 0 Å². The second kappa shape index (κ2) is 47.7. The maximum atomic E-state index is 12.4. The van der Waals surface area contributed by atoms with Crippen LogP contribution in [-0.4, -0.2) is 64.9 Å². The van der Waals surface area contributed by atoms with E-state index in [1.54, 1.807) is 0 Å². The molecule has 376 valence electrons. The molecule has 1 amide bonds. The number of aliphatic hydroxyl groups is 1. The number of ether oxygens (including phenoxy) is 1. The van der Waals surface area contributed by atoms with Gasteiger partial charge in [0.2, 0.25) is 5.91 Å². The number of amides is 1. The number of aliphatic hydroxyl groups excluding tert-OH is 1. The summed E-state index contributed by atoms with van der Waals surface area (Å²) in [7, 11) is -4.77. The average molecular weight is 936 g/mol. The van der Waals surface area contributed by atoms with Crippen molar-refractivity contribution in [3.05, 3.63) is 60.8 Å². The first-order chi connectivity index (χ1) is 31.6. The third kappa shape index (κ3) is 47.5. The Morgan fingerprint density at radius 1 is 0.508 bits per heavy atom. The molecule has 0 bridgehead atoms. The third-order valence-corrected chi connectivity index (χ3v) is 12.0. The summed E-state index contributed by atoms with van der Waals surface area (Å²) in [5, 5.41) is 21.9. The van der Waals surface area contributed by atoms with Gasteiger partial charge in [-0.2, -0.15) is 0 Å². The number of hydrogen-bond donors (Lipinski definition) is 4. The Kier molecular flexibility index (Phi) is 45.6. The van der Waals surface area contributed by atoms with E-state index in [0.29, 0.717) is 12.8 Å². The fraction of sp³-hybridized carbons (Fsp3) is 0.755. The van der Waals surface area contributed by atoms with Crippen LogP contribution in [0.5, 0.6) is 0 Å². The van der Waals surface area contributed by atoms with E-state index in [4.69, 9.17) is 13.8 Å². The number of unbranched alkanes of at least 4 members (excludes halogenated alkanes) is 24. The number of hydrogen-bond acceptors (Lipinski definition) is 8. The highest BCUT2D eigenvalue weighted by atomic mass is 31.2. The molecule has 0 saturated heterocycles. The van der Waals surface area contributed by atoms with Gasteiger partial charge < -0.3 is 25.2 Å². The molecule has 0 aliphatic heterocycles. The van der Waals surface area contributed by atoms with Crippen LogP contribution in [0.2, 0.25) is 0 Å². The van der Waals surface area contributed by atoms with Crippen molar-refractivity contribution in [1.29, 1.82) is 0 Å². The van der Waals surface area contributed by atoms with Gasteiger partial charge in [0.1, 0.15) is 12.7 Å². The van der Waals surface area contributed by atoms with Gasteiger partial charge >= 0.3 is 19.8 Å². The van der Waals surface area contributed by atoms with Gasteiger partial charge in [-0.3, -0.25) is 18.6 Å². The maximum absolute atomic E-state index is 12.4. The normalized spacial score (nSPS) is 14.0. The summed E-state index contributed by atoms with van der Waals surface area (Å²) < 4.78 is 27.0. The molecule has 4 N–H and O–H groups in total. The number of aliphatic carboxylic acids is 1. The monoisotopic (exact) mass is 936 g/mol. The molecule has 0 fully saturated rings. The molecule has 0 aromatic carbocycles. The topological polar surface area (TPSA) is 169 Å². The largest absolute Gasteiger partial charge is 0.480 e. The number of carbonyl (C=O) groups is 3. The zero-order chi connectivity index (χ0) is 47.7. The highest BCUT2D eigenvalue weighted by molar-refractivity contribution is 7.47. The zero-order valence-corrected chi connectivity index (χ0v) is 41.9. The van der Waals surface area contributed by atoms with Crippen molar-refractivity contribution in [2.75, 3.05) is 19.8 Å². The maximum Gasteiger partial charge on any atom is 0.472 e. The molecule has 0 heterocycles. The summed E-state index contributed by atoms with van der Waals surface area (Å²) in [5.74, 6) is -2.39. The minimum atomic E-state index is -4.77. The Balaban J connectivity index is 3.86. The van der Waals surface area contributed by atoms with Crippen LogP contribution in [0.1, 0.15) is 226 Å². The second-order valence-electron chi connectivity index (χ2n) is 17.3. The predicted octanol–water partition coefficient (Wildman–Crippen LogP) is 14.3. The van der Waals surface area contributed by atoms with Crippen molar-refractivity contribution in [3.63, 3.8) is 0 Å². The van der Waals surface area contributed by atoms with Crippen LogP contribution >= 0.6 is 7.82 Å². The second-order valence-corrected chi connectivity index (χ2v) is 18.8. The molecule has 0 spiro atoms. The molecule has 0 aliphatic carbocycles. The van der Waals surface area contributed by atoms with E-state index in [0.717, 1.165) is 83.5 Å². The number of carboxylic acid groups (broad SMARTS) is 1. The lowest BCUT2D eigenvalue weighted by atomic mass is 10.0. The number of carbonyl (C=O) groups excluding carboxylic acids is 2. The quantitative estimate of drug-likeness (QED) is 0.0199. The van der Waals surface area contributed by atoms with E-state index in [9.17, 15) is 34.1 Å². The number of nitrogens with one attached hydrogen (secondary N) is 1. The van der Waals surface area contributed by atoms with Crippen molar-refractivity contribution in [2.24, 2.45) is 0 Å². The van der Waals surface area contributed by atoms with Gasteiger partial charge in [0.25, 0.3) is 0 Å². The first kappa shape index (κ1) is 62.2. The van der Waals surface area contributed by atoms with E-state index < -0.39 is 57.6 Å². The van der Waals surface area contributed by atoms with Crippen LogP contribution in [0.15, 0.2) is 60.8 Å². The van der Waals surface area contributed by atoms with E-state index in [2.05, 4.69) is 79.9 Å². The summed E-state index contributed by atoms with van der Waals surface area (Å²) in [6, 6.07) is -1.56. The molecule has 0 aromatic rings. The third-order valence-electron chi connectivity index (χ3n) is 11.1. The highest BCUT2D eigenvalue weighted by Crippen LogP contribution is 2.43. The van der Waals surface area contributed by atoms with Crippen molar-refractivity contribution in [1.82, 2.24) is 5.32 Å². The first-order valence-electron chi connectivity index (χ1n) is 25.8. The Labute approximate surface area is 396 Å². The van der Waals surface area contributed by atoms with Crippen molar-refractivity contribution in [3.8, 4) is 0 Å². The fourth-order valence-corrected chi connectivity index (χ4v) is 7.88. The number of rotatable bonds is 48. The van der Waals surface area contributed by atoms with Crippen LogP contribution in [-0.2, 0) is 32.7 Å². The van der Waals surface area contributed by atoms with Crippen LogP contribution in [0.3, 0.4) is 0 Å². The number of phosphoric acid groups is 1. The van der Waals surface area contributed by atoms with Crippen molar-refractivity contribution >= 4 is 25.7 Å². The average Bonchev–Trinajstić information content (AvgIpc) is 3.28. The lowest BCUT2D eigenvalue weighted by Gasteiger charge is -2.18. The number of esters is 1. The standard InChI is InChI=1S/C53H94NO10P/c1-3-5-7-9-11-13-15-17-19-21-23-25-26-28-30-32-34-36-38-40-42-44-51(56)54-50(53(58)59)48-64-65(60,61)63-47-49(55)46-62-52(57)45-43-41-39-37-35-33-31-29-27-24-22-20-18-16-14-12-10-8-6-4-2/h5,7,11,13,17,19,23,25,28,30,49-50,55H,3-4,6,8-10,12,14-16,18,20-22,24,26-27,29,31-48H2,1-2H3,(H,54,56)(H,58,59)(H,60,61)/b7-5-,13-11-,19-17-,25-23-,30-28-. The Bertz CT molecular complexity index is 1330. The molecule has 3 unspecified atom stereocenters. The van der Waals surface area contributed by atoms with Crippen molar-refractivity contribution in [2.45, 2.75) is 238 Å². The molecule has 0 saturated carbocycles. The Morgan fingerprint density at radius 2 is 0.892 bits per heavy atom. The first-order valence-corrected chi connectivity index (χ1v) is 27.3. The summed E-state index contributed by atoms with van der Waals surface area (Å²) in [6.45, 7) is 2.50. The number of allylic oxidation sites excluding steroid dienone is 10. The highest BCUT2D eigenvalue weighted by Gasteiger charge is 2.28. The summed E-state index contributed by atoms with van der Waals surface area (Å²) in [5.41, 5.74) is 0. The van der Waals surface area contributed by atoms with Gasteiger partial charge in [-0.25, -0.2) is 9.36 Å². The molecular weight excluding hydrogens is 842 g/mol. The van der Waals surface area contributed by atoms with Gasteiger partial charge in [-0.15, -0.1) is 0 Å². The molecule has 0 aliphatic rings. The van der Waals surface area contributed by atoms with Crippen LogP contribution in [0.4, 0.5) is 0 Å². The molecule has 0 aromatic heterocycles. The van der Waals surface area contributed by atoms with E-state index >= 15 is 0 Å². The van der Waals surface area contributed by atoms with Gasteiger partial charge in [-0.1, -0.05) is 216 Å². The summed E-state index contributed by atoms with van der Waals surface area (Å²) >= 11 is 0. The smallest absolute Gasteiger partial charge is 0.472 e. The van der Waals surface area contributed by atoms with E-state index in [-0.39, 0.29) is 12.8 Å². The molecule has 65 heavy (non-hydrogen) atoms. The zero-order valence-electron chi connectivity index (χ0n) is 41.0. The summed E-state index contributed by atoms with van der Waals surface area (Å²) in [4.78, 5) is 46.1. The molecule has 12 heteroatoms. The van der Waals surface area contributed by atoms with Crippen molar-refractivity contribution < 1.29 is 47.8 Å². The minimum Gasteiger partial charge on any atom is -0.480 e. The molecule has 0 rings (SSSR count). The van der Waals surface area contributed by atoms with E-state index in [1.165, 1.54) is 103 Å². The number of phosphoric ester groups is 1. The predicted molar refractivity (Wildman–Crippen MR) is 268 cm³/mol. The molecule has 0 radical (unpaired) electrons. The minimum absolute atomic E-state index is 0.121. The Hall–Kier alpha value is -2.82. The lowest BCUT2D eigenvalue weighted by Crippen LogP contribution is -2.43. The summed E-state index contributed by atoms with van der Waals surface area (Å²) in [6.07, 6.45) is 56.7. The van der Waals surface area contributed by atoms with Gasteiger partial charge in [0.05, 0.1) is 13.2 Å². The van der Waals surface area contributed by atoms with Crippen LogP contribution in [0, 0.1) is 0 Å². The lowest BCUT2D eigenvalue weighted by molar-refractivity contribution is -0.147. The van der Waals surface area contributed by atoms with Gasteiger partial charge in [0.15, 0.2) is 6.04 Å². The molecule has 3 atom stereocenters. The molecular formula is C53H94NO10P. The number of carboxylic acids is 1. The Morgan fingerprint density at radius 3 is 1.34 bits per heavy atom. The molecule has 11 nitrogen and oxygen atoms in total.